The van der Waals surface area contributed by atoms with Gasteiger partial charge in [0.25, 0.3) is 0 Å². The zero-order valence-corrected chi connectivity index (χ0v) is 15.4. The summed E-state index contributed by atoms with van der Waals surface area (Å²) >= 11 is 0.984. The normalized spacial score (nSPS) is 16.1. The van der Waals surface area contributed by atoms with Gasteiger partial charge in [-0.2, -0.15) is 0 Å². The molecular formula is C16H19N3O4S2. The van der Waals surface area contributed by atoms with E-state index in [-0.39, 0.29) is 9.90 Å². The van der Waals surface area contributed by atoms with E-state index in [4.69, 9.17) is 0 Å². The van der Waals surface area contributed by atoms with Crippen molar-refractivity contribution in [3.05, 3.63) is 52.1 Å². The third kappa shape index (κ3) is 4.17. The molecular weight excluding hydrogens is 362 g/mol. The molecule has 0 radical (unpaired) electrons. The summed E-state index contributed by atoms with van der Waals surface area (Å²) in [5.74, 6) is 0. The van der Waals surface area contributed by atoms with Gasteiger partial charge in [0.2, 0.25) is 0 Å². The smallest absolute Gasteiger partial charge is 0.305 e. The van der Waals surface area contributed by atoms with Crippen LogP contribution in [0.3, 0.4) is 0 Å². The molecule has 0 aliphatic carbocycles. The first-order valence-electron chi connectivity index (χ1n) is 7.84. The van der Waals surface area contributed by atoms with Crippen LogP contribution >= 0.6 is 11.3 Å². The number of anilines is 1. The summed E-state index contributed by atoms with van der Waals surface area (Å²) in [6.45, 7) is 3.67. The van der Waals surface area contributed by atoms with E-state index in [0.717, 1.165) is 37.2 Å². The molecule has 1 aromatic heterocycles. The Morgan fingerprint density at radius 1 is 1.16 bits per heavy atom. The summed E-state index contributed by atoms with van der Waals surface area (Å²) in [6, 6.07) is 11.3. The average Bonchev–Trinajstić information content (AvgIpc) is 3.02. The second kappa shape index (κ2) is 7.11. The molecule has 25 heavy (non-hydrogen) atoms. The maximum Gasteiger partial charge on any atom is 0.305 e. The molecule has 1 aromatic carbocycles. The Balaban J connectivity index is 1.72. The molecule has 1 aliphatic rings. The monoisotopic (exact) mass is 381 g/mol. The Labute approximate surface area is 150 Å². The van der Waals surface area contributed by atoms with E-state index in [1.54, 1.807) is 0 Å². The lowest BCUT2D eigenvalue weighted by Gasteiger charge is -2.34. The molecule has 0 amide bonds. The molecule has 134 valence electrons. The standard InChI is InChI=1S/C16H19N3O4S2/c1-25(22,23)15-11-14(19(20)21)16(24-15)18-9-7-17(8-10-18)12-13-5-3-2-4-6-13/h2-6,11H,7-10,12H2,1H3. The number of rotatable bonds is 5. The Hall–Kier alpha value is -1.97. The van der Waals surface area contributed by atoms with Gasteiger partial charge in [-0.25, -0.2) is 8.42 Å². The van der Waals surface area contributed by atoms with Gasteiger partial charge in [-0.3, -0.25) is 15.0 Å². The van der Waals surface area contributed by atoms with Crippen molar-refractivity contribution in [2.24, 2.45) is 0 Å². The third-order valence-corrected chi connectivity index (χ3v) is 7.13. The molecule has 0 spiro atoms. The van der Waals surface area contributed by atoms with Crippen molar-refractivity contribution in [2.45, 2.75) is 10.8 Å². The minimum atomic E-state index is -3.45. The maximum atomic E-state index is 11.7. The number of piperazine rings is 1. The SMILES string of the molecule is CS(=O)(=O)c1cc([N+](=O)[O-])c(N2CCN(Cc3ccccc3)CC2)s1. The predicted octanol–water partition coefficient (Wildman–Crippen LogP) is 2.38. The van der Waals surface area contributed by atoms with E-state index in [9.17, 15) is 18.5 Å². The van der Waals surface area contributed by atoms with Gasteiger partial charge in [-0.05, 0) is 5.56 Å². The van der Waals surface area contributed by atoms with Gasteiger partial charge in [0.15, 0.2) is 14.8 Å². The van der Waals surface area contributed by atoms with E-state index in [2.05, 4.69) is 17.0 Å². The molecule has 0 atom stereocenters. The van der Waals surface area contributed by atoms with Crippen molar-refractivity contribution < 1.29 is 13.3 Å². The lowest BCUT2D eigenvalue weighted by molar-refractivity contribution is -0.383. The van der Waals surface area contributed by atoms with Gasteiger partial charge in [-0.15, -0.1) is 0 Å². The van der Waals surface area contributed by atoms with Gasteiger partial charge in [0.05, 0.1) is 4.92 Å². The fourth-order valence-electron chi connectivity index (χ4n) is 2.84. The number of benzene rings is 1. The predicted molar refractivity (Wildman–Crippen MR) is 98.0 cm³/mol. The molecule has 3 rings (SSSR count). The number of hydrogen-bond acceptors (Lipinski definition) is 7. The maximum absolute atomic E-state index is 11.7. The molecule has 0 N–H and O–H groups in total. The lowest BCUT2D eigenvalue weighted by Crippen LogP contribution is -2.45. The van der Waals surface area contributed by atoms with Gasteiger partial charge in [-0.1, -0.05) is 41.7 Å². The van der Waals surface area contributed by atoms with Crippen molar-refractivity contribution in [3.8, 4) is 0 Å². The van der Waals surface area contributed by atoms with Crippen LogP contribution in [0.15, 0.2) is 40.6 Å². The number of sulfone groups is 1. The van der Waals surface area contributed by atoms with Gasteiger partial charge in [0, 0.05) is 45.0 Å². The van der Waals surface area contributed by atoms with Gasteiger partial charge >= 0.3 is 5.69 Å². The van der Waals surface area contributed by atoms with Crippen LogP contribution in [0.2, 0.25) is 0 Å². The van der Waals surface area contributed by atoms with Crippen LogP contribution in [0, 0.1) is 10.1 Å². The molecule has 1 saturated heterocycles. The summed E-state index contributed by atoms with van der Waals surface area (Å²) in [7, 11) is -3.45. The fourth-order valence-corrected chi connectivity index (χ4v) is 4.92. The Morgan fingerprint density at radius 2 is 1.80 bits per heavy atom. The van der Waals surface area contributed by atoms with E-state index in [1.165, 1.54) is 11.6 Å². The van der Waals surface area contributed by atoms with Crippen LogP contribution in [0.25, 0.3) is 0 Å². The average molecular weight is 381 g/mol. The fraction of sp³-hybridized carbons (Fsp3) is 0.375. The summed E-state index contributed by atoms with van der Waals surface area (Å²) in [4.78, 5) is 15.0. The molecule has 7 nitrogen and oxygen atoms in total. The second-order valence-corrected chi connectivity index (χ2v) is 9.31. The van der Waals surface area contributed by atoms with Crippen molar-refractivity contribution >= 4 is 31.9 Å². The zero-order chi connectivity index (χ0) is 18.0. The van der Waals surface area contributed by atoms with Crippen LogP contribution in [0.5, 0.6) is 0 Å². The molecule has 1 fully saturated rings. The van der Waals surface area contributed by atoms with Crippen molar-refractivity contribution in [2.75, 3.05) is 37.3 Å². The Morgan fingerprint density at radius 3 is 2.36 bits per heavy atom. The van der Waals surface area contributed by atoms with Crippen molar-refractivity contribution in [3.63, 3.8) is 0 Å². The van der Waals surface area contributed by atoms with Gasteiger partial charge < -0.3 is 4.90 Å². The highest BCUT2D eigenvalue weighted by molar-refractivity contribution is 7.92. The number of hydrogen-bond donors (Lipinski definition) is 0. The van der Waals surface area contributed by atoms with E-state index >= 15 is 0 Å². The lowest BCUT2D eigenvalue weighted by atomic mass is 10.2. The number of nitrogens with zero attached hydrogens (tertiary/aromatic N) is 3. The Kier molecular flexibility index (Phi) is 5.07. The molecule has 9 heteroatoms. The van der Waals surface area contributed by atoms with E-state index in [1.807, 2.05) is 23.1 Å². The van der Waals surface area contributed by atoms with Gasteiger partial charge in [0.1, 0.15) is 4.21 Å². The molecule has 0 bridgehead atoms. The number of nitro groups is 1. The number of thiophene rings is 1. The van der Waals surface area contributed by atoms with E-state index < -0.39 is 14.8 Å². The highest BCUT2D eigenvalue weighted by Crippen LogP contribution is 2.40. The van der Waals surface area contributed by atoms with Crippen LogP contribution in [0.4, 0.5) is 10.7 Å². The van der Waals surface area contributed by atoms with Crippen LogP contribution in [-0.2, 0) is 16.4 Å². The minimum absolute atomic E-state index is 0.0425. The first-order chi connectivity index (χ1) is 11.8. The molecule has 2 aromatic rings. The van der Waals surface area contributed by atoms with Crippen LogP contribution in [-0.4, -0.2) is 50.7 Å². The molecule has 0 unspecified atom stereocenters. The highest BCUT2D eigenvalue weighted by atomic mass is 32.2. The summed E-state index contributed by atoms with van der Waals surface area (Å²) in [6.07, 6.45) is 1.07. The third-order valence-electron chi connectivity index (χ3n) is 4.14. The minimum Gasteiger partial charge on any atom is -0.355 e. The molecule has 0 saturated carbocycles. The highest BCUT2D eigenvalue weighted by Gasteiger charge is 2.29. The largest absolute Gasteiger partial charge is 0.355 e. The summed E-state index contributed by atoms with van der Waals surface area (Å²) in [5.41, 5.74) is 1.11. The molecule has 2 heterocycles. The first-order valence-corrected chi connectivity index (χ1v) is 10.5. The Bertz CT molecular complexity index is 857. The zero-order valence-electron chi connectivity index (χ0n) is 13.8. The van der Waals surface area contributed by atoms with Crippen molar-refractivity contribution in [1.82, 2.24) is 4.90 Å². The topological polar surface area (TPSA) is 83.8 Å². The molecule has 1 aliphatic heterocycles. The van der Waals surface area contributed by atoms with Crippen LogP contribution < -0.4 is 4.90 Å². The second-order valence-electron chi connectivity index (χ2n) is 6.03. The first kappa shape index (κ1) is 17.8. The van der Waals surface area contributed by atoms with Crippen molar-refractivity contribution in [1.29, 1.82) is 0 Å². The van der Waals surface area contributed by atoms with Crippen LogP contribution in [0.1, 0.15) is 5.56 Å². The van der Waals surface area contributed by atoms with E-state index in [0.29, 0.717) is 18.1 Å². The summed E-state index contributed by atoms with van der Waals surface area (Å²) < 4.78 is 23.5. The summed E-state index contributed by atoms with van der Waals surface area (Å²) in [5, 5.41) is 11.7. The quantitative estimate of drug-likeness (QED) is 0.584.